The maximum absolute atomic E-state index is 12.9. The fraction of sp³-hybridized carbons (Fsp3) is 0.409. The molecule has 1 saturated carbocycles. The van der Waals surface area contributed by atoms with Crippen molar-refractivity contribution in [1.82, 2.24) is 4.90 Å². The van der Waals surface area contributed by atoms with Gasteiger partial charge in [-0.1, -0.05) is 42.8 Å². The fourth-order valence-corrected chi connectivity index (χ4v) is 6.68. The van der Waals surface area contributed by atoms with Crippen LogP contribution in [0.2, 0.25) is 0 Å². The topological polar surface area (TPSA) is 66.5 Å². The van der Waals surface area contributed by atoms with Gasteiger partial charge in [0.1, 0.15) is 0 Å². The molecule has 1 saturated heterocycles. The maximum atomic E-state index is 12.9. The van der Waals surface area contributed by atoms with Crippen LogP contribution in [0.3, 0.4) is 0 Å². The van der Waals surface area contributed by atoms with Crippen LogP contribution in [0.4, 0.5) is 10.5 Å². The maximum Gasteiger partial charge on any atom is 0.321 e. The predicted molar refractivity (Wildman–Crippen MR) is 108 cm³/mol. The summed E-state index contributed by atoms with van der Waals surface area (Å²) in [6.07, 6.45) is 4.10. The van der Waals surface area contributed by atoms with Crippen molar-refractivity contribution in [2.45, 2.75) is 36.5 Å². The summed E-state index contributed by atoms with van der Waals surface area (Å²) in [6, 6.07) is 15.6. The largest absolute Gasteiger partial charge is 0.323 e. The van der Waals surface area contributed by atoms with Crippen LogP contribution in [-0.2, 0) is 16.3 Å². The Morgan fingerprint density at radius 3 is 2.61 bits per heavy atom. The summed E-state index contributed by atoms with van der Waals surface area (Å²) >= 11 is 0. The molecule has 2 aromatic carbocycles. The molecular formula is C22H24N2O3S. The average molecular weight is 397 g/mol. The summed E-state index contributed by atoms with van der Waals surface area (Å²) in [5.74, 6) is 0.529. The highest BCUT2D eigenvalue weighted by Gasteiger charge is 2.51. The lowest BCUT2D eigenvalue weighted by atomic mass is 9.61. The minimum Gasteiger partial charge on any atom is -0.323 e. The summed E-state index contributed by atoms with van der Waals surface area (Å²) in [5, 5.41) is 2.93. The van der Waals surface area contributed by atoms with Gasteiger partial charge in [-0.05, 0) is 47.9 Å². The molecule has 2 aromatic rings. The van der Waals surface area contributed by atoms with Crippen LogP contribution < -0.4 is 5.32 Å². The number of aryl methyl sites for hydroxylation is 1. The van der Waals surface area contributed by atoms with Crippen LogP contribution in [0.15, 0.2) is 53.4 Å². The van der Waals surface area contributed by atoms with Gasteiger partial charge in [-0.3, -0.25) is 0 Å². The molecule has 3 aliphatic rings. The van der Waals surface area contributed by atoms with Crippen molar-refractivity contribution in [3.63, 3.8) is 0 Å². The van der Waals surface area contributed by atoms with Crippen molar-refractivity contribution in [3.05, 3.63) is 59.7 Å². The monoisotopic (exact) mass is 396 g/mol. The lowest BCUT2D eigenvalue weighted by molar-refractivity contribution is 0.125. The van der Waals surface area contributed by atoms with E-state index in [1.807, 2.05) is 17.0 Å². The minimum atomic E-state index is -3.21. The number of benzene rings is 2. The van der Waals surface area contributed by atoms with Crippen molar-refractivity contribution < 1.29 is 13.2 Å². The van der Waals surface area contributed by atoms with Gasteiger partial charge in [0.2, 0.25) is 0 Å². The summed E-state index contributed by atoms with van der Waals surface area (Å²) in [7, 11) is -3.21. The van der Waals surface area contributed by atoms with E-state index in [1.54, 1.807) is 12.1 Å². The van der Waals surface area contributed by atoms with Crippen molar-refractivity contribution >= 4 is 21.6 Å². The van der Waals surface area contributed by atoms with Crippen LogP contribution in [0.25, 0.3) is 0 Å². The van der Waals surface area contributed by atoms with Gasteiger partial charge in [-0.2, -0.15) is 0 Å². The van der Waals surface area contributed by atoms with Crippen molar-refractivity contribution in [2.75, 3.05) is 24.2 Å². The molecule has 2 aliphatic heterocycles. The molecule has 2 amide bonds. The van der Waals surface area contributed by atoms with E-state index in [9.17, 15) is 13.2 Å². The number of sulfone groups is 1. The first-order chi connectivity index (χ1) is 13.5. The van der Waals surface area contributed by atoms with Gasteiger partial charge in [0, 0.05) is 24.7 Å². The molecule has 146 valence electrons. The van der Waals surface area contributed by atoms with Crippen LogP contribution in [0.5, 0.6) is 0 Å². The molecule has 1 spiro atoms. The Hall–Kier alpha value is -2.34. The predicted octanol–water partition coefficient (Wildman–Crippen LogP) is 3.82. The molecule has 6 heteroatoms. The molecule has 2 fully saturated rings. The SMILES string of the molecule is O=C(Nc1ccc2c(c1)S(=O)(=O)CC2)N1CC(c2ccccc2)C2(CCC2)C1. The smallest absolute Gasteiger partial charge is 0.321 e. The Labute approximate surface area is 165 Å². The van der Waals surface area contributed by atoms with Gasteiger partial charge in [-0.15, -0.1) is 0 Å². The van der Waals surface area contributed by atoms with Crippen molar-refractivity contribution in [1.29, 1.82) is 0 Å². The Morgan fingerprint density at radius 1 is 1.11 bits per heavy atom. The normalized spacial score (nSPS) is 24.0. The number of hydrogen-bond acceptors (Lipinski definition) is 3. The van der Waals surface area contributed by atoms with Gasteiger partial charge in [-0.25, -0.2) is 13.2 Å². The first-order valence-corrected chi connectivity index (χ1v) is 11.6. The van der Waals surface area contributed by atoms with E-state index in [0.717, 1.165) is 24.9 Å². The second kappa shape index (κ2) is 6.34. The molecule has 5 rings (SSSR count). The molecule has 1 aliphatic carbocycles. The van der Waals surface area contributed by atoms with Crippen LogP contribution >= 0.6 is 0 Å². The number of anilines is 1. The van der Waals surface area contributed by atoms with E-state index in [2.05, 4.69) is 29.6 Å². The van der Waals surface area contributed by atoms with E-state index < -0.39 is 9.84 Å². The van der Waals surface area contributed by atoms with E-state index in [-0.39, 0.29) is 17.2 Å². The molecule has 1 N–H and O–H groups in total. The molecule has 1 unspecified atom stereocenters. The second-order valence-electron chi connectivity index (χ2n) is 8.38. The average Bonchev–Trinajstić information content (AvgIpc) is 3.22. The molecule has 1 atom stereocenters. The molecule has 0 aromatic heterocycles. The Morgan fingerprint density at radius 2 is 1.89 bits per heavy atom. The third kappa shape index (κ3) is 2.82. The summed E-state index contributed by atoms with van der Waals surface area (Å²) in [5.41, 5.74) is 2.90. The van der Waals surface area contributed by atoms with Crippen molar-refractivity contribution in [3.8, 4) is 0 Å². The second-order valence-corrected chi connectivity index (χ2v) is 10.5. The van der Waals surface area contributed by atoms with Crippen LogP contribution in [0, 0.1) is 5.41 Å². The first-order valence-electron chi connectivity index (χ1n) is 9.93. The number of carbonyl (C=O) groups excluding carboxylic acids is 1. The van der Waals surface area contributed by atoms with E-state index >= 15 is 0 Å². The lowest BCUT2D eigenvalue weighted by Crippen LogP contribution is -2.39. The summed E-state index contributed by atoms with van der Waals surface area (Å²) in [6.45, 7) is 1.47. The first kappa shape index (κ1) is 17.7. The number of amides is 2. The minimum absolute atomic E-state index is 0.139. The summed E-state index contributed by atoms with van der Waals surface area (Å²) in [4.78, 5) is 15.2. The highest BCUT2D eigenvalue weighted by Crippen LogP contribution is 2.55. The van der Waals surface area contributed by atoms with E-state index in [4.69, 9.17) is 0 Å². The fourth-order valence-electron chi connectivity index (χ4n) is 5.09. The van der Waals surface area contributed by atoms with Gasteiger partial charge < -0.3 is 10.2 Å². The van der Waals surface area contributed by atoms with Gasteiger partial charge in [0.05, 0.1) is 10.6 Å². The Balaban J connectivity index is 1.36. The Kier molecular flexibility index (Phi) is 4.02. The zero-order valence-corrected chi connectivity index (χ0v) is 16.5. The van der Waals surface area contributed by atoms with E-state index in [0.29, 0.717) is 29.5 Å². The van der Waals surface area contributed by atoms with Crippen molar-refractivity contribution in [2.24, 2.45) is 5.41 Å². The molecule has 2 heterocycles. The Bertz CT molecular complexity index is 1030. The molecule has 0 bridgehead atoms. The lowest BCUT2D eigenvalue weighted by Gasteiger charge is -2.43. The molecule has 28 heavy (non-hydrogen) atoms. The van der Waals surface area contributed by atoms with Gasteiger partial charge >= 0.3 is 6.03 Å². The number of urea groups is 1. The summed E-state index contributed by atoms with van der Waals surface area (Å²) < 4.78 is 24.3. The van der Waals surface area contributed by atoms with E-state index in [1.165, 1.54) is 12.0 Å². The molecular weight excluding hydrogens is 372 g/mol. The number of likely N-dealkylation sites (tertiary alicyclic amines) is 1. The molecule has 0 radical (unpaired) electrons. The van der Waals surface area contributed by atoms with Gasteiger partial charge in [0.15, 0.2) is 9.84 Å². The third-order valence-electron chi connectivity index (χ3n) is 6.78. The number of hydrogen-bond donors (Lipinski definition) is 1. The number of rotatable bonds is 2. The van der Waals surface area contributed by atoms with Crippen LogP contribution in [-0.4, -0.2) is 38.2 Å². The standard InChI is InChI=1S/C22H24N2O3S/c25-21(23-18-8-7-17-9-12-28(26,27)20(17)13-18)24-14-19(16-5-2-1-3-6-16)22(15-24)10-4-11-22/h1-3,5-8,13,19H,4,9-12,14-15H2,(H,23,25). The highest BCUT2D eigenvalue weighted by atomic mass is 32.2. The third-order valence-corrected chi connectivity index (χ3v) is 8.57. The number of nitrogens with zero attached hydrogens (tertiary/aromatic N) is 1. The molecule has 5 nitrogen and oxygen atoms in total. The van der Waals surface area contributed by atoms with Crippen LogP contribution in [0.1, 0.15) is 36.3 Å². The number of carbonyl (C=O) groups is 1. The zero-order valence-electron chi connectivity index (χ0n) is 15.7. The van der Waals surface area contributed by atoms with Gasteiger partial charge in [0.25, 0.3) is 0 Å². The quantitative estimate of drug-likeness (QED) is 0.839. The number of fused-ring (bicyclic) bond motifs is 1. The zero-order chi connectivity index (χ0) is 19.4. The number of nitrogens with one attached hydrogen (secondary N) is 1. The highest BCUT2D eigenvalue weighted by molar-refractivity contribution is 7.91.